The van der Waals surface area contributed by atoms with Crippen LogP contribution < -0.4 is 0 Å². The van der Waals surface area contributed by atoms with Crippen LogP contribution in [0.25, 0.3) is 0 Å². The van der Waals surface area contributed by atoms with E-state index in [4.69, 9.17) is 18.1 Å². The molecule has 0 spiro atoms. The van der Waals surface area contributed by atoms with E-state index in [0.29, 0.717) is 23.2 Å². The highest BCUT2D eigenvalue weighted by Crippen LogP contribution is 2.43. The Morgan fingerprint density at radius 2 is 1.42 bits per heavy atom. The molecule has 1 heterocycles. The molecule has 1 rings (SSSR count). The lowest BCUT2D eigenvalue weighted by atomic mass is 10.2. The average Bonchev–Trinajstić information content (AvgIpc) is 2.71. The Hall–Kier alpha value is 0.00688. The van der Waals surface area contributed by atoms with Crippen molar-refractivity contribution in [2.45, 2.75) is 96.9 Å². The SMILES string of the molecule is CCOS(=O)(=O)C[C@@H]1OC(C)(C)O[C@H]1CO[Si](C(C)C)(C(C)C)C(C)C. The molecule has 1 aliphatic rings. The Kier molecular flexibility index (Phi) is 8.33. The molecule has 0 aromatic heterocycles. The minimum absolute atomic E-state index is 0.116. The third-order valence-electron chi connectivity index (χ3n) is 5.16. The summed E-state index contributed by atoms with van der Waals surface area (Å²) < 4.78 is 47.4. The summed E-state index contributed by atoms with van der Waals surface area (Å²) in [7, 11) is -5.71. The molecule has 1 fully saturated rings. The maximum atomic E-state index is 12.1. The van der Waals surface area contributed by atoms with E-state index in [1.807, 2.05) is 0 Å². The van der Waals surface area contributed by atoms with E-state index in [2.05, 4.69) is 41.5 Å². The summed E-state index contributed by atoms with van der Waals surface area (Å²) in [6, 6.07) is 0. The monoisotopic (exact) mass is 410 g/mol. The molecule has 0 saturated carbocycles. The molecule has 0 radical (unpaired) electrons. The Morgan fingerprint density at radius 1 is 0.962 bits per heavy atom. The lowest BCUT2D eigenvalue weighted by Crippen LogP contribution is -2.50. The molecule has 0 aromatic carbocycles. The van der Waals surface area contributed by atoms with Crippen molar-refractivity contribution in [3.63, 3.8) is 0 Å². The molecule has 6 nitrogen and oxygen atoms in total. The predicted octanol–water partition coefficient (Wildman–Crippen LogP) is 4.06. The summed E-state index contributed by atoms with van der Waals surface area (Å²) in [5.74, 6) is -1.06. The van der Waals surface area contributed by atoms with Gasteiger partial charge in [0.1, 0.15) is 18.0 Å². The fourth-order valence-corrected chi connectivity index (χ4v) is 10.9. The Labute approximate surface area is 161 Å². The predicted molar refractivity (Wildman–Crippen MR) is 106 cm³/mol. The largest absolute Gasteiger partial charge is 0.413 e. The Morgan fingerprint density at radius 3 is 1.85 bits per heavy atom. The minimum atomic E-state index is -3.65. The number of ether oxygens (including phenoxy) is 2. The van der Waals surface area contributed by atoms with E-state index < -0.39 is 36.4 Å². The molecular weight excluding hydrogens is 372 g/mol. The summed E-state index contributed by atoms with van der Waals surface area (Å²) in [5, 5.41) is 0. The number of rotatable bonds is 10. The zero-order chi connectivity index (χ0) is 20.3. The first-order valence-corrected chi connectivity index (χ1v) is 13.4. The fourth-order valence-electron chi connectivity index (χ4n) is 4.35. The van der Waals surface area contributed by atoms with Gasteiger partial charge in [-0.2, -0.15) is 8.42 Å². The lowest BCUT2D eigenvalue weighted by molar-refractivity contribution is -0.147. The van der Waals surface area contributed by atoms with Gasteiger partial charge in [-0.1, -0.05) is 41.5 Å². The summed E-state index contributed by atoms with van der Waals surface area (Å²) in [4.78, 5) is 0. The van der Waals surface area contributed by atoms with Crippen molar-refractivity contribution in [2.24, 2.45) is 0 Å². The van der Waals surface area contributed by atoms with Crippen molar-refractivity contribution in [1.82, 2.24) is 0 Å². The van der Waals surface area contributed by atoms with Crippen LogP contribution in [0, 0.1) is 0 Å². The van der Waals surface area contributed by atoms with Gasteiger partial charge in [0.2, 0.25) is 0 Å². The Bertz CT molecular complexity index is 522. The third kappa shape index (κ3) is 5.75. The van der Waals surface area contributed by atoms with E-state index >= 15 is 0 Å². The van der Waals surface area contributed by atoms with Crippen molar-refractivity contribution in [3.8, 4) is 0 Å². The molecule has 8 heteroatoms. The normalized spacial score (nSPS) is 24.2. The second kappa shape index (κ2) is 9.00. The lowest BCUT2D eigenvalue weighted by Gasteiger charge is -2.42. The third-order valence-corrected chi connectivity index (χ3v) is 12.6. The van der Waals surface area contributed by atoms with Gasteiger partial charge in [-0.15, -0.1) is 0 Å². The van der Waals surface area contributed by atoms with Crippen LogP contribution in [0.15, 0.2) is 0 Å². The van der Waals surface area contributed by atoms with Crippen LogP contribution in [0.5, 0.6) is 0 Å². The van der Waals surface area contributed by atoms with Crippen molar-refractivity contribution in [1.29, 1.82) is 0 Å². The average molecular weight is 411 g/mol. The first kappa shape index (κ1) is 24.0. The van der Waals surface area contributed by atoms with Gasteiger partial charge >= 0.3 is 0 Å². The second-order valence-corrected chi connectivity index (χ2v) is 15.6. The molecule has 0 bridgehead atoms. The number of hydrogen-bond acceptors (Lipinski definition) is 6. The van der Waals surface area contributed by atoms with Crippen molar-refractivity contribution < 1.29 is 26.5 Å². The van der Waals surface area contributed by atoms with Gasteiger partial charge in [0.25, 0.3) is 10.1 Å². The summed E-state index contributed by atoms with van der Waals surface area (Å²) in [5.41, 5.74) is 1.34. The standard InChI is InChI=1S/C18H38O6SSi/c1-10-21-25(19,20)12-17-16(23-18(8,9)24-17)11-22-26(13(2)3,14(4)5)15(6)7/h13-17H,10-12H2,1-9H3/t16-,17-/m0/s1. The summed E-state index contributed by atoms with van der Waals surface area (Å²) >= 11 is 0. The summed E-state index contributed by atoms with van der Waals surface area (Å²) in [6.07, 6.45) is -1.02. The molecule has 1 saturated heterocycles. The van der Waals surface area contributed by atoms with E-state index in [1.165, 1.54) is 0 Å². The molecule has 0 amide bonds. The van der Waals surface area contributed by atoms with Crippen molar-refractivity contribution in [2.75, 3.05) is 19.0 Å². The Balaban J connectivity index is 2.96. The van der Waals surface area contributed by atoms with Gasteiger partial charge in [0.05, 0.1) is 13.2 Å². The topological polar surface area (TPSA) is 71.1 Å². The molecule has 0 aromatic rings. The minimum Gasteiger partial charge on any atom is -0.413 e. The highest BCUT2D eigenvalue weighted by Gasteiger charge is 2.48. The van der Waals surface area contributed by atoms with Crippen LogP contribution in [-0.4, -0.2) is 53.7 Å². The first-order chi connectivity index (χ1) is 11.8. The quantitative estimate of drug-likeness (QED) is 0.399. The molecule has 1 aliphatic heterocycles. The van der Waals surface area contributed by atoms with Crippen LogP contribution in [-0.2, 0) is 28.2 Å². The van der Waals surface area contributed by atoms with Gasteiger partial charge in [-0.05, 0) is 37.4 Å². The van der Waals surface area contributed by atoms with Crippen LogP contribution >= 0.6 is 0 Å². The molecule has 2 atom stereocenters. The zero-order valence-electron chi connectivity index (χ0n) is 17.9. The fraction of sp³-hybridized carbons (Fsp3) is 1.00. The van der Waals surface area contributed by atoms with Crippen LogP contribution in [0.2, 0.25) is 16.6 Å². The first-order valence-electron chi connectivity index (χ1n) is 9.64. The van der Waals surface area contributed by atoms with Gasteiger partial charge in [0, 0.05) is 0 Å². The second-order valence-electron chi connectivity index (χ2n) is 8.47. The van der Waals surface area contributed by atoms with Gasteiger partial charge < -0.3 is 13.9 Å². The van der Waals surface area contributed by atoms with Gasteiger partial charge in [-0.25, -0.2) is 0 Å². The van der Waals surface area contributed by atoms with Gasteiger partial charge in [-0.3, -0.25) is 4.18 Å². The summed E-state index contributed by atoms with van der Waals surface area (Å²) in [6.45, 7) is 19.0. The maximum Gasteiger partial charge on any atom is 0.269 e. The van der Waals surface area contributed by atoms with Crippen LogP contribution in [0.1, 0.15) is 62.3 Å². The van der Waals surface area contributed by atoms with Crippen LogP contribution in [0.3, 0.4) is 0 Å². The van der Waals surface area contributed by atoms with Crippen molar-refractivity contribution >= 4 is 18.4 Å². The smallest absolute Gasteiger partial charge is 0.269 e. The van der Waals surface area contributed by atoms with E-state index in [1.54, 1.807) is 20.8 Å². The molecule has 0 aliphatic carbocycles. The van der Waals surface area contributed by atoms with E-state index in [-0.39, 0.29) is 12.4 Å². The van der Waals surface area contributed by atoms with Crippen LogP contribution in [0.4, 0.5) is 0 Å². The van der Waals surface area contributed by atoms with E-state index in [9.17, 15) is 8.42 Å². The number of hydrogen-bond donors (Lipinski definition) is 0. The molecule has 0 N–H and O–H groups in total. The maximum absolute atomic E-state index is 12.1. The molecule has 0 unspecified atom stereocenters. The zero-order valence-corrected chi connectivity index (χ0v) is 19.7. The molecule has 26 heavy (non-hydrogen) atoms. The highest BCUT2D eigenvalue weighted by atomic mass is 32.2. The van der Waals surface area contributed by atoms with E-state index in [0.717, 1.165) is 0 Å². The van der Waals surface area contributed by atoms with Crippen molar-refractivity contribution in [3.05, 3.63) is 0 Å². The van der Waals surface area contributed by atoms with Gasteiger partial charge in [0.15, 0.2) is 14.1 Å². The molecule has 156 valence electrons. The highest BCUT2D eigenvalue weighted by molar-refractivity contribution is 7.86. The molecular formula is C18H38O6SSi.